The van der Waals surface area contributed by atoms with E-state index >= 15 is 0 Å². The van der Waals surface area contributed by atoms with Crippen molar-refractivity contribution >= 4 is 34.9 Å². The van der Waals surface area contributed by atoms with Gasteiger partial charge in [0.15, 0.2) is 5.76 Å². The number of esters is 1. The summed E-state index contributed by atoms with van der Waals surface area (Å²) >= 11 is 0. The van der Waals surface area contributed by atoms with Crippen LogP contribution in [0.25, 0.3) is 5.76 Å². The maximum atomic E-state index is 13.3. The van der Waals surface area contributed by atoms with E-state index in [1.807, 2.05) is 66.7 Å². The van der Waals surface area contributed by atoms with Crippen molar-refractivity contribution in [3.8, 4) is 0 Å². The van der Waals surface area contributed by atoms with E-state index in [2.05, 4.69) is 78.6 Å². The highest BCUT2D eigenvalue weighted by atomic mass is 79.9. The summed E-state index contributed by atoms with van der Waals surface area (Å²) in [5.74, 6) is 2.37. The Labute approximate surface area is 229 Å². The molecule has 5 rings (SSSR count). The lowest BCUT2D eigenvalue weighted by Crippen LogP contribution is -3.00. The summed E-state index contributed by atoms with van der Waals surface area (Å²) in [7, 11) is -2.36. The summed E-state index contributed by atoms with van der Waals surface area (Å²) < 4.78 is 6.19. The molecule has 0 atom stereocenters. The van der Waals surface area contributed by atoms with Gasteiger partial charge in [0, 0.05) is 5.56 Å². The van der Waals surface area contributed by atoms with Gasteiger partial charge in [-0.3, -0.25) is 0 Å². The molecular formula is C33H26BrO2P. The second-order valence-corrected chi connectivity index (χ2v) is 11.6. The summed E-state index contributed by atoms with van der Waals surface area (Å²) in [4.78, 5) is 13.3. The van der Waals surface area contributed by atoms with Gasteiger partial charge in [0.25, 0.3) is 0 Å². The second kappa shape index (κ2) is 12.5. The van der Waals surface area contributed by atoms with Crippen LogP contribution in [0.4, 0.5) is 0 Å². The molecule has 0 spiro atoms. The fourth-order valence-electron chi connectivity index (χ4n) is 4.33. The van der Waals surface area contributed by atoms with E-state index in [9.17, 15) is 4.79 Å². The van der Waals surface area contributed by atoms with Crippen LogP contribution >= 0.6 is 7.26 Å². The van der Waals surface area contributed by atoms with Crippen LogP contribution in [-0.4, -0.2) is 5.97 Å². The monoisotopic (exact) mass is 564 g/mol. The Hall–Kier alpha value is -3.78. The van der Waals surface area contributed by atoms with Crippen LogP contribution in [0.5, 0.6) is 0 Å². The van der Waals surface area contributed by atoms with Crippen molar-refractivity contribution in [1.82, 2.24) is 0 Å². The van der Waals surface area contributed by atoms with Gasteiger partial charge in [0.05, 0.1) is 5.56 Å². The highest BCUT2D eigenvalue weighted by Crippen LogP contribution is 2.58. The van der Waals surface area contributed by atoms with E-state index in [0.29, 0.717) is 11.3 Å². The lowest BCUT2D eigenvalue weighted by molar-refractivity contribution is -0.0000209. The van der Waals surface area contributed by atoms with E-state index in [4.69, 9.17) is 4.74 Å². The predicted molar refractivity (Wildman–Crippen MR) is 151 cm³/mol. The molecule has 0 fully saturated rings. The van der Waals surface area contributed by atoms with Crippen molar-refractivity contribution in [1.29, 1.82) is 0 Å². The summed E-state index contributed by atoms with van der Waals surface area (Å²) in [6, 6.07) is 50.6. The van der Waals surface area contributed by atoms with Crippen molar-refractivity contribution in [2.45, 2.75) is 0 Å². The van der Waals surface area contributed by atoms with Gasteiger partial charge in [-0.1, -0.05) is 103 Å². The quantitative estimate of drug-likeness (QED) is 0.170. The molecule has 4 heteroatoms. The molecule has 0 aliphatic carbocycles. The molecule has 37 heavy (non-hydrogen) atoms. The van der Waals surface area contributed by atoms with Gasteiger partial charge in [-0.2, -0.15) is 0 Å². The number of ether oxygens (including phenoxy) is 1. The molecule has 0 amide bonds. The molecular weight excluding hydrogens is 539 g/mol. The summed E-state index contributed by atoms with van der Waals surface area (Å²) in [6.45, 7) is 0. The molecule has 182 valence electrons. The first kappa shape index (κ1) is 26.3. The van der Waals surface area contributed by atoms with Crippen LogP contribution in [0.3, 0.4) is 0 Å². The van der Waals surface area contributed by atoms with Gasteiger partial charge >= 0.3 is 5.97 Å². The average Bonchev–Trinajstić information content (AvgIpc) is 2.97. The number of rotatable bonds is 7. The van der Waals surface area contributed by atoms with Crippen molar-refractivity contribution in [3.05, 3.63) is 169 Å². The zero-order chi connectivity index (χ0) is 24.6. The highest BCUT2D eigenvalue weighted by molar-refractivity contribution is 7.98. The van der Waals surface area contributed by atoms with Gasteiger partial charge in [0.1, 0.15) is 29.0 Å². The summed E-state index contributed by atoms with van der Waals surface area (Å²) in [6.07, 6.45) is 0. The Morgan fingerprint density at radius 1 is 0.486 bits per heavy atom. The highest BCUT2D eigenvalue weighted by Gasteiger charge is 2.45. The fraction of sp³-hybridized carbons (Fsp3) is 0. The minimum atomic E-state index is -2.36. The van der Waals surface area contributed by atoms with Crippen molar-refractivity contribution < 1.29 is 26.5 Å². The molecule has 0 heterocycles. The van der Waals surface area contributed by atoms with E-state index < -0.39 is 7.26 Å². The van der Waals surface area contributed by atoms with Crippen molar-refractivity contribution in [3.63, 3.8) is 0 Å². The maximum absolute atomic E-state index is 13.3. The van der Waals surface area contributed by atoms with Gasteiger partial charge in [0.2, 0.25) is 0 Å². The molecule has 0 radical (unpaired) electrons. The SMILES string of the molecule is O=C(OC(=C[P+](c1ccccc1)(c1ccccc1)c1ccccc1)c1ccccc1)c1ccccc1.[Br-]. The molecule has 0 N–H and O–H groups in total. The largest absolute Gasteiger partial charge is 1.00 e. The van der Waals surface area contributed by atoms with Crippen LogP contribution in [-0.2, 0) is 4.74 Å². The van der Waals surface area contributed by atoms with Gasteiger partial charge < -0.3 is 21.7 Å². The third-order valence-electron chi connectivity index (χ3n) is 6.07. The molecule has 5 aromatic rings. The zero-order valence-electron chi connectivity index (χ0n) is 20.2. The molecule has 0 unspecified atom stereocenters. The van der Waals surface area contributed by atoms with E-state index in [-0.39, 0.29) is 23.0 Å². The number of benzene rings is 5. The zero-order valence-corrected chi connectivity index (χ0v) is 22.6. The topological polar surface area (TPSA) is 26.3 Å². The Morgan fingerprint density at radius 2 is 0.811 bits per heavy atom. The van der Waals surface area contributed by atoms with E-state index in [1.54, 1.807) is 12.1 Å². The van der Waals surface area contributed by atoms with Crippen molar-refractivity contribution in [2.75, 3.05) is 0 Å². The van der Waals surface area contributed by atoms with Crippen LogP contribution in [0.2, 0.25) is 0 Å². The van der Waals surface area contributed by atoms with Crippen LogP contribution < -0.4 is 32.9 Å². The minimum Gasteiger partial charge on any atom is -1.00 e. The standard InChI is InChI=1S/C33H26O2P.BrH/c34-33(28-18-8-2-9-19-28)35-32(27-16-6-1-7-17-27)26-36(29-20-10-3-11-21-29,30-22-12-4-13-23-30)31-24-14-5-15-25-31;/h1-26H;1H/q+1;/p-1. The lowest BCUT2D eigenvalue weighted by Gasteiger charge is -2.25. The molecule has 0 aliphatic heterocycles. The number of carbonyl (C=O) groups is 1. The van der Waals surface area contributed by atoms with Crippen LogP contribution in [0.15, 0.2) is 157 Å². The molecule has 0 saturated carbocycles. The van der Waals surface area contributed by atoms with E-state index in [0.717, 1.165) is 5.56 Å². The number of hydrogen-bond donors (Lipinski definition) is 0. The Bertz CT molecular complexity index is 1340. The Morgan fingerprint density at radius 3 is 1.19 bits per heavy atom. The molecule has 5 aromatic carbocycles. The molecule has 0 aliphatic rings. The first-order valence-corrected chi connectivity index (χ1v) is 13.7. The number of hydrogen-bond acceptors (Lipinski definition) is 2. The molecule has 0 bridgehead atoms. The summed E-state index contributed by atoms with van der Waals surface area (Å²) in [5.41, 5.74) is 1.37. The third kappa shape index (κ3) is 5.80. The van der Waals surface area contributed by atoms with E-state index in [1.165, 1.54) is 15.9 Å². The minimum absolute atomic E-state index is 0. The average molecular weight is 565 g/mol. The first-order chi connectivity index (χ1) is 17.8. The molecule has 0 aromatic heterocycles. The molecule has 2 nitrogen and oxygen atoms in total. The molecule has 0 saturated heterocycles. The van der Waals surface area contributed by atoms with Gasteiger partial charge in [-0.25, -0.2) is 4.79 Å². The number of halogens is 1. The lowest BCUT2D eigenvalue weighted by atomic mass is 10.2. The number of carbonyl (C=O) groups excluding carboxylic acids is 1. The van der Waals surface area contributed by atoms with Crippen molar-refractivity contribution in [2.24, 2.45) is 0 Å². The van der Waals surface area contributed by atoms with Gasteiger partial charge in [-0.05, 0) is 48.5 Å². The smallest absolute Gasteiger partial charge is 0.343 e. The fourth-order valence-corrected chi connectivity index (χ4v) is 8.15. The third-order valence-corrected chi connectivity index (χ3v) is 10.0. The summed E-state index contributed by atoms with van der Waals surface area (Å²) in [5, 5.41) is 3.56. The van der Waals surface area contributed by atoms with Crippen LogP contribution in [0.1, 0.15) is 15.9 Å². The first-order valence-electron chi connectivity index (χ1n) is 11.9. The Balaban J connectivity index is 0.00000320. The Kier molecular flexibility index (Phi) is 8.85. The van der Waals surface area contributed by atoms with Crippen LogP contribution in [0, 0.1) is 0 Å². The second-order valence-electron chi connectivity index (χ2n) is 8.34. The predicted octanol–water partition coefficient (Wildman–Crippen LogP) is 3.84. The normalized spacial score (nSPS) is 11.3. The maximum Gasteiger partial charge on any atom is 0.343 e. The van der Waals surface area contributed by atoms with Gasteiger partial charge in [-0.15, -0.1) is 0 Å².